The lowest BCUT2D eigenvalue weighted by atomic mass is 10.2. The molecule has 0 aliphatic heterocycles. The van der Waals surface area contributed by atoms with Crippen LogP contribution in [0.2, 0.25) is 0 Å². The molecule has 0 unspecified atom stereocenters. The molecule has 0 saturated carbocycles. The van der Waals surface area contributed by atoms with Crippen LogP contribution in [0.5, 0.6) is 0 Å². The molecule has 28 heavy (non-hydrogen) atoms. The van der Waals surface area contributed by atoms with Crippen LogP contribution >= 0.6 is 0 Å². The Kier molecular flexibility index (Phi) is 4.65. The van der Waals surface area contributed by atoms with Gasteiger partial charge in [-0.25, -0.2) is 4.98 Å². The standard InChI is InChI=1S/C16H10F6N4O2/c17-15(18,19)8-5-10(13(28)23-6-8)24-12(27)7-26-11-4-2-1-3-9(11)25-14(26)16(20,21)22/h1-6H,7H2,(H,23,28)(H,24,27). The second kappa shape index (κ2) is 6.69. The number of carbonyl (C=O) groups is 1. The van der Waals surface area contributed by atoms with E-state index in [0.29, 0.717) is 16.8 Å². The topological polar surface area (TPSA) is 79.8 Å². The Morgan fingerprint density at radius 1 is 1.11 bits per heavy atom. The summed E-state index contributed by atoms with van der Waals surface area (Å²) in [4.78, 5) is 29.1. The van der Waals surface area contributed by atoms with Gasteiger partial charge in [0.25, 0.3) is 5.56 Å². The fourth-order valence-electron chi connectivity index (χ4n) is 2.53. The molecule has 0 saturated heterocycles. The number of pyridine rings is 1. The average Bonchev–Trinajstić information content (AvgIpc) is 2.95. The molecule has 2 aromatic heterocycles. The number of halogens is 6. The van der Waals surface area contributed by atoms with E-state index >= 15 is 0 Å². The van der Waals surface area contributed by atoms with Crippen LogP contribution in [0, 0.1) is 0 Å². The van der Waals surface area contributed by atoms with E-state index in [-0.39, 0.29) is 11.0 Å². The van der Waals surface area contributed by atoms with Crippen molar-refractivity contribution in [3.05, 3.63) is 58.3 Å². The first-order valence-electron chi connectivity index (χ1n) is 7.59. The van der Waals surface area contributed by atoms with E-state index in [9.17, 15) is 35.9 Å². The number of nitrogens with one attached hydrogen (secondary N) is 2. The molecule has 12 heteroatoms. The third-order valence-electron chi connectivity index (χ3n) is 3.71. The number of aromatic amines is 1. The summed E-state index contributed by atoms with van der Waals surface area (Å²) >= 11 is 0. The summed E-state index contributed by atoms with van der Waals surface area (Å²) in [5, 5.41) is 1.91. The van der Waals surface area contributed by atoms with Gasteiger partial charge in [-0.1, -0.05) is 12.1 Å². The molecule has 0 spiro atoms. The van der Waals surface area contributed by atoms with Crippen molar-refractivity contribution >= 4 is 22.6 Å². The third kappa shape index (κ3) is 3.85. The maximum Gasteiger partial charge on any atom is 0.449 e. The van der Waals surface area contributed by atoms with Crippen molar-refractivity contribution in [2.24, 2.45) is 0 Å². The molecule has 1 aromatic carbocycles. The number of hydrogen-bond acceptors (Lipinski definition) is 3. The minimum absolute atomic E-state index is 0.00271. The summed E-state index contributed by atoms with van der Waals surface area (Å²) in [7, 11) is 0. The van der Waals surface area contributed by atoms with E-state index < -0.39 is 47.4 Å². The van der Waals surface area contributed by atoms with Crippen LogP contribution in [-0.2, 0) is 23.7 Å². The van der Waals surface area contributed by atoms with Gasteiger partial charge in [0.1, 0.15) is 12.2 Å². The number of hydrogen-bond donors (Lipinski definition) is 2. The lowest BCUT2D eigenvalue weighted by Gasteiger charge is -2.12. The largest absolute Gasteiger partial charge is 0.449 e. The number of nitrogens with zero attached hydrogens (tertiary/aromatic N) is 2. The Hall–Kier alpha value is -3.31. The Labute approximate surface area is 151 Å². The summed E-state index contributed by atoms with van der Waals surface area (Å²) in [6.07, 6.45) is -9.23. The number of benzene rings is 1. The predicted molar refractivity (Wildman–Crippen MR) is 85.4 cm³/mol. The number of H-pyrrole nitrogens is 1. The Morgan fingerprint density at radius 3 is 2.43 bits per heavy atom. The van der Waals surface area contributed by atoms with Crippen LogP contribution in [0.4, 0.5) is 32.0 Å². The quantitative estimate of drug-likeness (QED) is 0.657. The van der Waals surface area contributed by atoms with E-state index in [4.69, 9.17) is 0 Å². The molecule has 0 radical (unpaired) electrons. The van der Waals surface area contributed by atoms with Crippen LogP contribution in [0.3, 0.4) is 0 Å². The molecule has 6 nitrogen and oxygen atoms in total. The number of imidazole rings is 1. The van der Waals surface area contributed by atoms with Crippen LogP contribution in [0.15, 0.2) is 41.3 Å². The molecule has 0 atom stereocenters. The smallest absolute Gasteiger partial charge is 0.327 e. The van der Waals surface area contributed by atoms with Crippen molar-refractivity contribution in [2.45, 2.75) is 18.9 Å². The minimum Gasteiger partial charge on any atom is -0.327 e. The zero-order valence-corrected chi connectivity index (χ0v) is 13.6. The molecule has 3 aromatic rings. The number of para-hydroxylation sites is 2. The van der Waals surface area contributed by atoms with Crippen molar-refractivity contribution in [1.29, 1.82) is 0 Å². The maximum absolute atomic E-state index is 13.2. The zero-order chi connectivity index (χ0) is 20.7. The zero-order valence-electron chi connectivity index (χ0n) is 13.6. The third-order valence-corrected chi connectivity index (χ3v) is 3.71. The fraction of sp³-hybridized carbons (Fsp3) is 0.188. The van der Waals surface area contributed by atoms with Crippen molar-refractivity contribution in [3.63, 3.8) is 0 Å². The summed E-state index contributed by atoms with van der Waals surface area (Å²) in [5.41, 5.74) is -3.01. The Bertz CT molecular complexity index is 1100. The molecular weight excluding hydrogens is 394 g/mol. The summed E-state index contributed by atoms with van der Waals surface area (Å²) in [5.74, 6) is -2.47. The number of alkyl halides is 6. The van der Waals surface area contributed by atoms with E-state index in [1.807, 2.05) is 10.3 Å². The second-order valence-corrected chi connectivity index (χ2v) is 5.69. The van der Waals surface area contributed by atoms with Gasteiger partial charge < -0.3 is 14.9 Å². The summed E-state index contributed by atoms with van der Waals surface area (Å²) in [6, 6.07) is 5.92. The predicted octanol–water partition coefficient (Wildman–Crippen LogP) is 3.40. The molecule has 2 N–H and O–H groups in total. The lowest BCUT2D eigenvalue weighted by Crippen LogP contribution is -2.26. The van der Waals surface area contributed by atoms with Gasteiger partial charge in [0.2, 0.25) is 11.7 Å². The normalized spacial score (nSPS) is 12.4. The number of amides is 1. The molecule has 0 fully saturated rings. The highest BCUT2D eigenvalue weighted by atomic mass is 19.4. The highest BCUT2D eigenvalue weighted by Gasteiger charge is 2.38. The van der Waals surface area contributed by atoms with E-state index in [2.05, 4.69) is 4.98 Å². The summed E-state index contributed by atoms with van der Waals surface area (Å²) in [6.45, 7) is -0.912. The Morgan fingerprint density at radius 2 is 1.79 bits per heavy atom. The van der Waals surface area contributed by atoms with Crippen LogP contribution in [-0.4, -0.2) is 20.4 Å². The van der Waals surface area contributed by atoms with Crippen LogP contribution in [0.25, 0.3) is 11.0 Å². The molecule has 0 aliphatic carbocycles. The highest BCUT2D eigenvalue weighted by Crippen LogP contribution is 2.32. The summed E-state index contributed by atoms with van der Waals surface area (Å²) < 4.78 is 78.4. The SMILES string of the molecule is O=C(Cn1c(C(F)(F)F)nc2ccccc21)Nc1cc(C(F)(F)F)c[nH]c1=O. The first-order valence-corrected chi connectivity index (χ1v) is 7.59. The van der Waals surface area contributed by atoms with Crippen LogP contribution in [0.1, 0.15) is 11.4 Å². The number of anilines is 1. The Balaban J connectivity index is 1.94. The molecular formula is C16H10F6N4O2. The van der Waals surface area contributed by atoms with Gasteiger partial charge in [0.05, 0.1) is 16.6 Å². The monoisotopic (exact) mass is 404 g/mol. The fourth-order valence-corrected chi connectivity index (χ4v) is 2.53. The van der Waals surface area contributed by atoms with Crippen molar-refractivity contribution in [3.8, 4) is 0 Å². The van der Waals surface area contributed by atoms with Gasteiger partial charge in [-0.15, -0.1) is 0 Å². The molecule has 148 valence electrons. The van der Waals surface area contributed by atoms with Gasteiger partial charge in [-0.3, -0.25) is 9.59 Å². The molecule has 1 amide bonds. The average molecular weight is 404 g/mol. The van der Waals surface area contributed by atoms with Crippen molar-refractivity contribution in [2.75, 3.05) is 5.32 Å². The van der Waals surface area contributed by atoms with Crippen LogP contribution < -0.4 is 10.9 Å². The molecule has 0 aliphatic rings. The van der Waals surface area contributed by atoms with Gasteiger partial charge in [0, 0.05) is 6.20 Å². The number of carbonyl (C=O) groups excluding carboxylic acids is 1. The second-order valence-electron chi connectivity index (χ2n) is 5.69. The highest BCUT2D eigenvalue weighted by molar-refractivity contribution is 5.91. The van der Waals surface area contributed by atoms with Gasteiger partial charge in [-0.05, 0) is 18.2 Å². The molecule has 0 bridgehead atoms. The number of fused-ring (bicyclic) bond motifs is 1. The first-order chi connectivity index (χ1) is 13.0. The van der Waals surface area contributed by atoms with Crippen molar-refractivity contribution in [1.82, 2.24) is 14.5 Å². The van der Waals surface area contributed by atoms with E-state index in [1.54, 1.807) is 0 Å². The molecule has 3 rings (SSSR count). The first kappa shape index (κ1) is 19.5. The lowest BCUT2D eigenvalue weighted by molar-refractivity contribution is -0.147. The van der Waals surface area contributed by atoms with Gasteiger partial charge in [0.15, 0.2) is 0 Å². The number of aromatic nitrogens is 3. The van der Waals surface area contributed by atoms with Crippen molar-refractivity contribution < 1.29 is 31.1 Å². The number of rotatable bonds is 3. The molecule has 2 heterocycles. The van der Waals surface area contributed by atoms with E-state index in [1.165, 1.54) is 24.3 Å². The van der Waals surface area contributed by atoms with Gasteiger partial charge in [-0.2, -0.15) is 26.3 Å². The van der Waals surface area contributed by atoms with E-state index in [0.717, 1.165) is 0 Å². The van der Waals surface area contributed by atoms with Gasteiger partial charge >= 0.3 is 12.4 Å². The maximum atomic E-state index is 13.2. The minimum atomic E-state index is -4.87.